The molecule has 5 rings (SSSR count). The van der Waals surface area contributed by atoms with Crippen LogP contribution in [0.25, 0.3) is 17.0 Å². The zero-order valence-corrected chi connectivity index (χ0v) is 17.3. The number of ether oxygens (including phenoxy) is 3. The minimum Gasteiger partial charge on any atom is -0.493 e. The van der Waals surface area contributed by atoms with Crippen molar-refractivity contribution < 1.29 is 14.2 Å². The van der Waals surface area contributed by atoms with Gasteiger partial charge >= 0.3 is 0 Å². The second-order valence-corrected chi connectivity index (χ2v) is 7.90. The molecular weight excluding hydrogens is 378 g/mol. The van der Waals surface area contributed by atoms with E-state index in [1.165, 1.54) is 23.0 Å². The quantitative estimate of drug-likeness (QED) is 0.676. The van der Waals surface area contributed by atoms with E-state index in [1.54, 1.807) is 7.11 Å². The summed E-state index contributed by atoms with van der Waals surface area (Å²) in [5.74, 6) is 2.63. The number of hydrogen-bond acceptors (Lipinski definition) is 6. The number of piperidine rings is 1. The van der Waals surface area contributed by atoms with Gasteiger partial charge < -0.3 is 19.5 Å². The molecule has 6 nitrogen and oxygen atoms in total. The van der Waals surface area contributed by atoms with E-state index in [0.717, 1.165) is 49.0 Å². The predicted octanol–water partition coefficient (Wildman–Crippen LogP) is 4.52. The lowest BCUT2D eigenvalue weighted by Gasteiger charge is -2.24. The topological polar surface area (TPSA) is 65.5 Å². The molecule has 0 amide bonds. The maximum Gasteiger partial charge on any atom is 0.230 e. The van der Waals surface area contributed by atoms with E-state index in [9.17, 15) is 0 Å². The number of nitrogens with zero attached hydrogens (tertiary/aromatic N) is 2. The third-order valence-electron chi connectivity index (χ3n) is 5.67. The summed E-state index contributed by atoms with van der Waals surface area (Å²) in [6.07, 6.45) is 6.86. The number of allylic oxidation sites excluding steroid dienone is 1. The highest BCUT2D eigenvalue weighted by molar-refractivity contribution is 5.87. The summed E-state index contributed by atoms with van der Waals surface area (Å²) in [6, 6.07) is 9.99. The molecule has 0 unspecified atom stereocenters. The predicted molar refractivity (Wildman–Crippen MR) is 116 cm³/mol. The molecule has 0 spiro atoms. The molecule has 1 fully saturated rings. The van der Waals surface area contributed by atoms with Crippen molar-refractivity contribution >= 4 is 17.0 Å². The molecule has 0 saturated carbocycles. The minimum atomic E-state index is 0.179. The van der Waals surface area contributed by atoms with Crippen LogP contribution in [-0.4, -0.2) is 36.3 Å². The molecule has 0 bridgehead atoms. The maximum absolute atomic E-state index is 6.23. The Hall–Kier alpha value is -3.12. The third-order valence-corrected chi connectivity index (χ3v) is 5.67. The van der Waals surface area contributed by atoms with Crippen molar-refractivity contribution in [3.63, 3.8) is 0 Å². The second-order valence-electron chi connectivity index (χ2n) is 7.90. The van der Waals surface area contributed by atoms with E-state index in [1.807, 2.05) is 18.2 Å². The molecule has 2 aliphatic rings. The van der Waals surface area contributed by atoms with E-state index in [-0.39, 0.29) is 6.10 Å². The highest BCUT2D eigenvalue weighted by atomic mass is 16.5. The smallest absolute Gasteiger partial charge is 0.230 e. The number of benzene rings is 2. The fourth-order valence-electron chi connectivity index (χ4n) is 4.13. The van der Waals surface area contributed by atoms with Crippen molar-refractivity contribution in [2.24, 2.45) is 0 Å². The number of fused-ring (bicyclic) bond motifs is 2. The molecule has 0 radical (unpaired) electrons. The van der Waals surface area contributed by atoms with Crippen molar-refractivity contribution in [1.82, 2.24) is 15.3 Å². The first-order chi connectivity index (χ1) is 14.7. The normalized spacial score (nSPS) is 16.3. The van der Waals surface area contributed by atoms with Crippen LogP contribution in [0.15, 0.2) is 42.2 Å². The average Bonchev–Trinajstić information content (AvgIpc) is 3.13. The van der Waals surface area contributed by atoms with Crippen LogP contribution in [0.3, 0.4) is 0 Å². The zero-order valence-electron chi connectivity index (χ0n) is 17.3. The van der Waals surface area contributed by atoms with E-state index in [4.69, 9.17) is 14.2 Å². The highest BCUT2D eigenvalue weighted by Crippen LogP contribution is 2.37. The molecule has 1 aromatic heterocycles. The van der Waals surface area contributed by atoms with Crippen LogP contribution < -0.4 is 19.5 Å². The molecule has 1 N–H and O–H groups in total. The number of rotatable bonds is 5. The third kappa shape index (κ3) is 3.71. The average molecular weight is 403 g/mol. The Morgan fingerprint density at radius 3 is 2.73 bits per heavy atom. The van der Waals surface area contributed by atoms with Crippen LogP contribution >= 0.6 is 0 Å². The molecule has 3 aromatic rings. The van der Waals surface area contributed by atoms with Crippen LogP contribution in [-0.2, 0) is 6.42 Å². The van der Waals surface area contributed by atoms with Gasteiger partial charge in [0.2, 0.25) is 5.88 Å². The van der Waals surface area contributed by atoms with Gasteiger partial charge in [-0.25, -0.2) is 9.97 Å². The second kappa shape index (κ2) is 7.95. The molecule has 154 valence electrons. The van der Waals surface area contributed by atoms with Gasteiger partial charge in [0.25, 0.3) is 0 Å². The number of nitrogens with one attached hydrogen (secondary N) is 1. The molecule has 1 aliphatic carbocycles. The van der Waals surface area contributed by atoms with Crippen LogP contribution in [0.2, 0.25) is 0 Å². The lowest BCUT2D eigenvalue weighted by molar-refractivity contribution is 0.157. The number of hydrogen-bond donors (Lipinski definition) is 1. The van der Waals surface area contributed by atoms with Crippen molar-refractivity contribution in [2.75, 3.05) is 20.2 Å². The highest BCUT2D eigenvalue weighted by Gasteiger charge is 2.19. The van der Waals surface area contributed by atoms with Gasteiger partial charge in [-0.05, 0) is 68.6 Å². The van der Waals surface area contributed by atoms with Gasteiger partial charge in [-0.1, -0.05) is 17.7 Å². The summed E-state index contributed by atoms with van der Waals surface area (Å²) < 4.78 is 18.0. The summed E-state index contributed by atoms with van der Waals surface area (Å²) >= 11 is 0. The van der Waals surface area contributed by atoms with Crippen LogP contribution in [0, 0.1) is 0 Å². The van der Waals surface area contributed by atoms with E-state index < -0.39 is 0 Å². The lowest BCUT2D eigenvalue weighted by atomic mass is 10.1. The fraction of sp³-hybridized carbons (Fsp3) is 0.333. The van der Waals surface area contributed by atoms with Crippen molar-refractivity contribution in [2.45, 2.75) is 32.3 Å². The molecule has 2 aromatic carbocycles. The summed E-state index contributed by atoms with van der Waals surface area (Å²) in [4.78, 5) is 8.81. The Balaban J connectivity index is 1.47. The molecular formula is C24H25N3O3. The SMILES string of the molecule is COc1cc2c(Oc3ccc4c(c3)C=C(C)C4)ncnc2cc1OC1CCNCC1. The Morgan fingerprint density at radius 2 is 1.90 bits per heavy atom. The summed E-state index contributed by atoms with van der Waals surface area (Å²) in [7, 11) is 1.65. The summed E-state index contributed by atoms with van der Waals surface area (Å²) in [6.45, 7) is 4.08. The monoisotopic (exact) mass is 403 g/mol. The summed E-state index contributed by atoms with van der Waals surface area (Å²) in [5, 5.41) is 4.15. The molecule has 30 heavy (non-hydrogen) atoms. The van der Waals surface area contributed by atoms with Gasteiger partial charge in [-0.2, -0.15) is 0 Å². The van der Waals surface area contributed by atoms with Gasteiger partial charge in [0.05, 0.1) is 18.0 Å². The first-order valence-corrected chi connectivity index (χ1v) is 10.4. The first kappa shape index (κ1) is 18.9. The van der Waals surface area contributed by atoms with Crippen molar-refractivity contribution in [3.8, 4) is 23.1 Å². The largest absolute Gasteiger partial charge is 0.493 e. The first-order valence-electron chi connectivity index (χ1n) is 10.4. The Morgan fingerprint density at radius 1 is 1.03 bits per heavy atom. The minimum absolute atomic E-state index is 0.179. The number of methoxy groups -OCH3 is 1. The number of aromatic nitrogens is 2. The van der Waals surface area contributed by atoms with Crippen molar-refractivity contribution in [3.05, 3.63) is 53.4 Å². The van der Waals surface area contributed by atoms with Crippen LogP contribution in [0.5, 0.6) is 23.1 Å². The zero-order chi connectivity index (χ0) is 20.5. The van der Waals surface area contributed by atoms with Gasteiger partial charge in [0.15, 0.2) is 11.5 Å². The van der Waals surface area contributed by atoms with Crippen molar-refractivity contribution in [1.29, 1.82) is 0 Å². The van der Waals surface area contributed by atoms with Crippen LogP contribution in [0.1, 0.15) is 30.9 Å². The standard InChI is InChI=1S/C24H25N3O3/c1-15-9-16-3-4-19(11-17(16)10-15)30-24-20-12-22(28-2)23(13-21(20)26-14-27-24)29-18-5-7-25-8-6-18/h3-4,10-14,18,25H,5-9H2,1-2H3. The van der Waals surface area contributed by atoms with Gasteiger partial charge in [-0.3, -0.25) is 0 Å². The molecule has 1 saturated heterocycles. The van der Waals surface area contributed by atoms with Gasteiger partial charge in [0, 0.05) is 6.07 Å². The van der Waals surface area contributed by atoms with Crippen LogP contribution in [0.4, 0.5) is 0 Å². The van der Waals surface area contributed by atoms with E-state index in [2.05, 4.69) is 40.4 Å². The fourth-order valence-corrected chi connectivity index (χ4v) is 4.13. The summed E-state index contributed by atoms with van der Waals surface area (Å²) in [5.41, 5.74) is 4.66. The molecule has 2 heterocycles. The Labute approximate surface area is 175 Å². The van der Waals surface area contributed by atoms with E-state index in [0.29, 0.717) is 17.4 Å². The maximum atomic E-state index is 6.23. The Kier molecular flexibility index (Phi) is 5.01. The van der Waals surface area contributed by atoms with Gasteiger partial charge in [-0.15, -0.1) is 0 Å². The molecule has 1 aliphatic heterocycles. The molecule has 0 atom stereocenters. The van der Waals surface area contributed by atoms with Gasteiger partial charge in [0.1, 0.15) is 18.2 Å². The van der Waals surface area contributed by atoms with E-state index >= 15 is 0 Å². The Bertz CT molecular complexity index is 1120. The molecule has 6 heteroatoms. The lowest BCUT2D eigenvalue weighted by Crippen LogP contribution is -2.34.